The average molecular weight is 460 g/mol. The molecule has 0 unspecified atom stereocenters. The van der Waals surface area contributed by atoms with Crippen LogP contribution in [0.1, 0.15) is 48.4 Å². The largest absolute Gasteiger partial charge is 0.497 e. The number of rotatable bonds is 11. The average Bonchev–Trinajstić information content (AvgIpc) is 2.87. The molecule has 6 heteroatoms. The first-order valence-corrected chi connectivity index (χ1v) is 11.5. The van der Waals surface area contributed by atoms with E-state index in [1.165, 1.54) is 0 Å². The Morgan fingerprint density at radius 1 is 0.882 bits per heavy atom. The van der Waals surface area contributed by atoms with Gasteiger partial charge in [0.15, 0.2) is 0 Å². The van der Waals surface area contributed by atoms with Crippen molar-refractivity contribution in [3.8, 4) is 5.75 Å². The van der Waals surface area contributed by atoms with Crippen LogP contribution >= 0.6 is 0 Å². The molecule has 0 spiro atoms. The lowest BCUT2D eigenvalue weighted by Crippen LogP contribution is -2.51. The minimum Gasteiger partial charge on any atom is -0.497 e. The lowest BCUT2D eigenvalue weighted by molar-refractivity contribution is -0.142. The second-order valence-electron chi connectivity index (χ2n) is 8.30. The Bertz CT molecular complexity index is 1030. The van der Waals surface area contributed by atoms with Gasteiger partial charge in [0.05, 0.1) is 19.1 Å². The van der Waals surface area contributed by atoms with E-state index in [9.17, 15) is 9.59 Å². The molecule has 0 radical (unpaired) electrons. The van der Waals surface area contributed by atoms with Gasteiger partial charge in [0, 0.05) is 0 Å². The van der Waals surface area contributed by atoms with Gasteiger partial charge in [0.2, 0.25) is 11.8 Å². The van der Waals surface area contributed by atoms with Gasteiger partial charge >= 0.3 is 0 Å². The van der Waals surface area contributed by atoms with Crippen molar-refractivity contribution in [3.05, 3.63) is 102 Å². The summed E-state index contributed by atoms with van der Waals surface area (Å²) in [5.41, 5.74) is 14.2. The van der Waals surface area contributed by atoms with E-state index in [1.807, 2.05) is 91.9 Å². The van der Waals surface area contributed by atoms with E-state index in [0.717, 1.165) is 16.7 Å². The number of nitrogens with two attached hydrogens (primary N) is 2. The van der Waals surface area contributed by atoms with Gasteiger partial charge in [-0.15, -0.1) is 0 Å². The van der Waals surface area contributed by atoms with Crippen molar-refractivity contribution < 1.29 is 14.3 Å². The number of benzene rings is 3. The zero-order chi connectivity index (χ0) is 24.5. The summed E-state index contributed by atoms with van der Waals surface area (Å²) in [5.74, 6) is -0.642. The monoisotopic (exact) mass is 459 g/mol. The summed E-state index contributed by atoms with van der Waals surface area (Å²) in [6, 6.07) is 25.5. The van der Waals surface area contributed by atoms with E-state index >= 15 is 0 Å². The van der Waals surface area contributed by atoms with E-state index in [0.29, 0.717) is 25.1 Å². The fraction of sp³-hybridized carbons (Fsp3) is 0.286. The van der Waals surface area contributed by atoms with Crippen molar-refractivity contribution in [2.24, 2.45) is 11.5 Å². The van der Waals surface area contributed by atoms with E-state index in [2.05, 4.69) is 0 Å². The van der Waals surface area contributed by atoms with Gasteiger partial charge in [-0.3, -0.25) is 9.59 Å². The molecule has 3 rings (SSSR count). The summed E-state index contributed by atoms with van der Waals surface area (Å²) in [5, 5.41) is 0. The van der Waals surface area contributed by atoms with Crippen LogP contribution < -0.4 is 16.2 Å². The predicted molar refractivity (Wildman–Crippen MR) is 134 cm³/mol. The van der Waals surface area contributed by atoms with Crippen molar-refractivity contribution >= 4 is 11.8 Å². The van der Waals surface area contributed by atoms with E-state index < -0.39 is 23.9 Å². The molecule has 0 aromatic heterocycles. The van der Waals surface area contributed by atoms with E-state index in [1.54, 1.807) is 12.0 Å². The molecule has 3 aromatic carbocycles. The Morgan fingerprint density at radius 2 is 1.44 bits per heavy atom. The molecule has 0 fully saturated rings. The zero-order valence-corrected chi connectivity index (χ0v) is 19.8. The van der Waals surface area contributed by atoms with Crippen LogP contribution in [0.15, 0.2) is 84.9 Å². The summed E-state index contributed by atoms with van der Waals surface area (Å²) in [4.78, 5) is 28.7. The van der Waals surface area contributed by atoms with E-state index in [4.69, 9.17) is 16.2 Å². The van der Waals surface area contributed by atoms with Crippen LogP contribution in [0.25, 0.3) is 0 Å². The van der Waals surface area contributed by atoms with Crippen LogP contribution in [0.2, 0.25) is 0 Å². The fourth-order valence-electron chi connectivity index (χ4n) is 4.32. The number of carbonyl (C=O) groups is 2. The Hall–Kier alpha value is -3.64. The number of primary amides is 1. The Balaban J connectivity index is 2.14. The molecule has 4 N–H and O–H groups in total. The molecule has 178 valence electrons. The second kappa shape index (κ2) is 12.0. The summed E-state index contributed by atoms with van der Waals surface area (Å²) in [6.45, 7) is 2.32. The SMILES string of the molecule is COc1cccc([C@@H](C)N(C(=O)C(c2ccccc2)c2ccccc2)[C@H](CCCN)C(N)=O)c1. The van der Waals surface area contributed by atoms with Gasteiger partial charge in [0.25, 0.3) is 0 Å². The topological polar surface area (TPSA) is 98.7 Å². The number of nitrogens with zero attached hydrogens (tertiary/aromatic N) is 1. The molecule has 2 atom stereocenters. The third-order valence-corrected chi connectivity index (χ3v) is 6.11. The summed E-state index contributed by atoms with van der Waals surface area (Å²) in [6.07, 6.45) is 0.964. The van der Waals surface area contributed by atoms with Crippen molar-refractivity contribution in [2.45, 2.75) is 37.8 Å². The van der Waals surface area contributed by atoms with Crippen molar-refractivity contribution in [1.29, 1.82) is 0 Å². The van der Waals surface area contributed by atoms with Gasteiger partial charge in [-0.1, -0.05) is 72.8 Å². The minimum absolute atomic E-state index is 0.187. The Labute approximate surface area is 201 Å². The molecule has 0 bridgehead atoms. The molecule has 3 aromatic rings. The molecule has 0 saturated carbocycles. The smallest absolute Gasteiger partial charge is 0.240 e. The fourth-order valence-corrected chi connectivity index (χ4v) is 4.32. The second-order valence-corrected chi connectivity index (χ2v) is 8.30. The number of hydrogen-bond donors (Lipinski definition) is 2. The van der Waals surface area contributed by atoms with Gasteiger partial charge in [0.1, 0.15) is 11.8 Å². The zero-order valence-electron chi connectivity index (χ0n) is 19.8. The molecule has 2 amide bonds. The molecule has 0 heterocycles. The maximum absolute atomic E-state index is 14.4. The maximum atomic E-state index is 14.4. The molecule has 0 aliphatic heterocycles. The lowest BCUT2D eigenvalue weighted by atomic mass is 9.88. The van der Waals surface area contributed by atoms with Crippen LogP contribution in [0.4, 0.5) is 0 Å². The molecule has 0 saturated heterocycles. The Kier molecular flexibility index (Phi) is 8.82. The number of hydrogen-bond acceptors (Lipinski definition) is 4. The third kappa shape index (κ3) is 5.83. The highest BCUT2D eigenvalue weighted by Crippen LogP contribution is 2.34. The van der Waals surface area contributed by atoms with Gasteiger partial charge in [-0.05, 0) is 55.1 Å². The summed E-state index contributed by atoms with van der Waals surface area (Å²) in [7, 11) is 1.60. The lowest BCUT2D eigenvalue weighted by Gasteiger charge is -2.38. The molecule has 34 heavy (non-hydrogen) atoms. The van der Waals surface area contributed by atoms with E-state index in [-0.39, 0.29) is 5.91 Å². The predicted octanol–water partition coefficient (Wildman–Crippen LogP) is 4.01. The molecule has 0 aliphatic carbocycles. The molecule has 6 nitrogen and oxygen atoms in total. The molecular weight excluding hydrogens is 426 g/mol. The summed E-state index contributed by atoms with van der Waals surface area (Å²) < 4.78 is 5.39. The van der Waals surface area contributed by atoms with Crippen molar-refractivity contribution in [2.75, 3.05) is 13.7 Å². The highest BCUT2D eigenvalue weighted by molar-refractivity contribution is 5.92. The van der Waals surface area contributed by atoms with Gasteiger partial charge < -0.3 is 21.1 Å². The highest BCUT2D eigenvalue weighted by Gasteiger charge is 2.37. The third-order valence-electron chi connectivity index (χ3n) is 6.11. The number of methoxy groups -OCH3 is 1. The molecular formula is C28H33N3O3. The Morgan fingerprint density at radius 3 is 1.94 bits per heavy atom. The minimum atomic E-state index is -0.799. The van der Waals surface area contributed by atoms with Crippen molar-refractivity contribution in [1.82, 2.24) is 4.90 Å². The first-order valence-electron chi connectivity index (χ1n) is 11.5. The van der Waals surface area contributed by atoms with Crippen LogP contribution in [0.5, 0.6) is 5.75 Å². The van der Waals surface area contributed by atoms with Gasteiger partial charge in [-0.2, -0.15) is 0 Å². The number of amides is 2. The van der Waals surface area contributed by atoms with Crippen LogP contribution in [-0.4, -0.2) is 36.4 Å². The van der Waals surface area contributed by atoms with Gasteiger partial charge in [-0.25, -0.2) is 0 Å². The van der Waals surface area contributed by atoms with Crippen molar-refractivity contribution in [3.63, 3.8) is 0 Å². The normalized spacial score (nSPS) is 12.7. The maximum Gasteiger partial charge on any atom is 0.240 e. The first-order chi connectivity index (χ1) is 16.5. The van der Waals surface area contributed by atoms with Crippen LogP contribution in [0, 0.1) is 0 Å². The number of carbonyl (C=O) groups excluding carboxylic acids is 2. The summed E-state index contributed by atoms with van der Waals surface area (Å²) >= 11 is 0. The van der Waals surface area contributed by atoms with Crippen LogP contribution in [0.3, 0.4) is 0 Å². The quantitative estimate of drug-likeness (QED) is 0.453. The number of ether oxygens (including phenoxy) is 1. The highest BCUT2D eigenvalue weighted by atomic mass is 16.5. The molecule has 0 aliphatic rings. The standard InChI is InChI=1S/C28H33N3O3/c1-20(23-15-9-16-24(19-23)34-2)31(25(27(30)32)17-10-18-29)28(33)26(21-11-5-3-6-12-21)22-13-7-4-8-14-22/h3-9,11-16,19-20,25-26H,10,17-18,29H2,1-2H3,(H2,30,32)/t20-,25-/m1/s1. The first kappa shape index (κ1) is 25.0. The van der Waals surface area contributed by atoms with Crippen LogP contribution in [-0.2, 0) is 9.59 Å².